The molecule has 0 aromatic heterocycles. The molecule has 3 fully saturated rings. The molecule has 6 atom stereocenters. The van der Waals surface area contributed by atoms with E-state index in [1.54, 1.807) is 0 Å². The minimum absolute atomic E-state index is 0.299. The molecule has 1 N–H and O–H groups in total. The summed E-state index contributed by atoms with van der Waals surface area (Å²) < 4.78 is 0. The fraction of sp³-hybridized carbons (Fsp3) is 0.857. The molecule has 3 saturated carbocycles. The summed E-state index contributed by atoms with van der Waals surface area (Å²) in [6.07, 6.45) is 12.7. The van der Waals surface area contributed by atoms with Crippen molar-refractivity contribution < 1.29 is 9.90 Å². The normalized spacial score (nSPS) is 49.2. The lowest BCUT2D eigenvalue weighted by molar-refractivity contribution is -0.117. The predicted molar refractivity (Wildman–Crippen MR) is 91.9 cm³/mol. The third-order valence-corrected chi connectivity index (χ3v) is 8.64. The molecule has 0 heterocycles. The second-order valence-corrected chi connectivity index (χ2v) is 9.30. The quantitative estimate of drug-likeness (QED) is 0.813. The maximum Gasteiger partial charge on any atom is 0.155 e. The summed E-state index contributed by atoms with van der Waals surface area (Å²) in [6, 6.07) is 0. The maximum atomic E-state index is 11.9. The summed E-state index contributed by atoms with van der Waals surface area (Å²) in [5, 5.41) is 9.44. The summed E-state index contributed by atoms with van der Waals surface area (Å²) in [5.41, 5.74) is 2.24. The summed E-state index contributed by atoms with van der Waals surface area (Å²) >= 11 is 0. The van der Waals surface area contributed by atoms with Gasteiger partial charge in [-0.1, -0.05) is 19.4 Å². The van der Waals surface area contributed by atoms with Gasteiger partial charge < -0.3 is 5.11 Å². The molecule has 0 aromatic rings. The summed E-state index contributed by atoms with van der Waals surface area (Å²) in [5.74, 6) is 3.60. The third kappa shape index (κ3) is 2.20. The Balaban J connectivity index is 1.63. The largest absolute Gasteiger partial charge is 0.396 e. The lowest BCUT2D eigenvalue weighted by atomic mass is 9.47. The molecule has 128 valence electrons. The molecule has 0 aromatic carbocycles. The Morgan fingerprint density at radius 3 is 2.70 bits per heavy atom. The number of rotatable bonds is 2. The number of carbonyl (C=O) groups is 1. The maximum absolute atomic E-state index is 11.9. The van der Waals surface area contributed by atoms with Crippen molar-refractivity contribution in [3.8, 4) is 0 Å². The van der Waals surface area contributed by atoms with Gasteiger partial charge in [-0.2, -0.15) is 0 Å². The molecule has 4 aliphatic rings. The van der Waals surface area contributed by atoms with E-state index in [4.69, 9.17) is 0 Å². The van der Waals surface area contributed by atoms with Crippen molar-refractivity contribution in [2.24, 2.45) is 34.5 Å². The molecule has 23 heavy (non-hydrogen) atoms. The number of hydrogen-bond donors (Lipinski definition) is 1. The van der Waals surface area contributed by atoms with Crippen LogP contribution in [-0.4, -0.2) is 17.5 Å². The number of hydrogen-bond acceptors (Lipinski definition) is 2. The summed E-state index contributed by atoms with van der Waals surface area (Å²) in [6.45, 7) is 5.35. The van der Waals surface area contributed by atoms with E-state index in [1.807, 2.05) is 6.08 Å². The zero-order valence-corrected chi connectivity index (χ0v) is 14.8. The van der Waals surface area contributed by atoms with Gasteiger partial charge in [0.05, 0.1) is 0 Å². The van der Waals surface area contributed by atoms with Crippen molar-refractivity contribution in [3.63, 3.8) is 0 Å². The number of carbonyl (C=O) groups excluding carboxylic acids is 1. The smallest absolute Gasteiger partial charge is 0.155 e. The van der Waals surface area contributed by atoms with E-state index < -0.39 is 0 Å². The third-order valence-electron chi connectivity index (χ3n) is 8.64. The van der Waals surface area contributed by atoms with Crippen molar-refractivity contribution in [2.75, 3.05) is 6.61 Å². The number of ketones is 1. The lowest BCUT2D eigenvalue weighted by Gasteiger charge is -2.58. The van der Waals surface area contributed by atoms with E-state index in [1.165, 1.54) is 37.7 Å². The highest BCUT2D eigenvalue weighted by molar-refractivity contribution is 5.91. The van der Waals surface area contributed by atoms with Crippen LogP contribution in [0.5, 0.6) is 0 Å². The van der Waals surface area contributed by atoms with Crippen molar-refractivity contribution in [1.82, 2.24) is 0 Å². The second-order valence-electron chi connectivity index (χ2n) is 9.30. The fourth-order valence-corrected chi connectivity index (χ4v) is 7.30. The first-order valence-electron chi connectivity index (χ1n) is 9.84. The fourth-order valence-electron chi connectivity index (χ4n) is 7.30. The first-order valence-corrected chi connectivity index (χ1v) is 9.84. The van der Waals surface area contributed by atoms with E-state index in [9.17, 15) is 9.90 Å². The van der Waals surface area contributed by atoms with Crippen LogP contribution in [-0.2, 0) is 4.79 Å². The van der Waals surface area contributed by atoms with E-state index in [0.29, 0.717) is 23.2 Å². The van der Waals surface area contributed by atoms with Gasteiger partial charge >= 0.3 is 0 Å². The molecule has 0 aliphatic heterocycles. The molecule has 0 bridgehead atoms. The average molecular weight is 316 g/mol. The van der Waals surface area contributed by atoms with E-state index >= 15 is 0 Å². The molecule has 0 radical (unpaired) electrons. The van der Waals surface area contributed by atoms with E-state index in [2.05, 4.69) is 13.8 Å². The van der Waals surface area contributed by atoms with Crippen LogP contribution < -0.4 is 0 Å². The molecular formula is C21H32O2. The van der Waals surface area contributed by atoms with E-state index in [0.717, 1.165) is 49.4 Å². The highest BCUT2D eigenvalue weighted by atomic mass is 16.3. The highest BCUT2D eigenvalue weighted by Gasteiger charge is 2.58. The van der Waals surface area contributed by atoms with Gasteiger partial charge in [-0.3, -0.25) is 4.79 Å². The molecular weight excluding hydrogens is 284 g/mol. The van der Waals surface area contributed by atoms with Gasteiger partial charge in [0, 0.05) is 13.0 Å². The van der Waals surface area contributed by atoms with Crippen molar-refractivity contribution >= 4 is 5.78 Å². The minimum Gasteiger partial charge on any atom is -0.396 e. The van der Waals surface area contributed by atoms with Gasteiger partial charge in [0.2, 0.25) is 0 Å². The van der Waals surface area contributed by atoms with Crippen LogP contribution in [0.3, 0.4) is 0 Å². The first-order chi connectivity index (χ1) is 11.0. The molecule has 0 amide bonds. The SMILES string of the molecule is C[C@]12CC[C@H]3[C@@H](CCC4=CC(=O)CC[C@@]43C)[C@@H]1CC[C@@H]2CCO. The summed E-state index contributed by atoms with van der Waals surface area (Å²) in [7, 11) is 0. The van der Waals surface area contributed by atoms with Gasteiger partial charge in [0.1, 0.15) is 0 Å². The predicted octanol–water partition coefficient (Wildman–Crippen LogP) is 4.52. The van der Waals surface area contributed by atoms with Crippen LogP contribution >= 0.6 is 0 Å². The van der Waals surface area contributed by atoms with Gasteiger partial charge in [-0.05, 0) is 91.9 Å². The Kier molecular flexibility index (Phi) is 3.75. The zero-order valence-electron chi connectivity index (χ0n) is 14.8. The standard InChI is InChI=1S/C21H32O2/c1-20-11-8-19-17(18(20)6-4-14(20)9-12-22)5-3-15-13-16(23)7-10-21(15,19)2/h13-14,17-19,22H,3-12H2,1-2H3/t14-,17+,18+,19+,20-,21+/m1/s1. The second kappa shape index (κ2) is 5.44. The van der Waals surface area contributed by atoms with Crippen LogP contribution in [0, 0.1) is 34.5 Å². The molecule has 0 saturated heterocycles. The summed E-state index contributed by atoms with van der Waals surface area (Å²) in [4.78, 5) is 11.9. The Morgan fingerprint density at radius 1 is 1.09 bits per heavy atom. The number of aliphatic hydroxyl groups excluding tert-OH is 1. The Hall–Kier alpha value is -0.630. The van der Waals surface area contributed by atoms with Crippen molar-refractivity contribution in [3.05, 3.63) is 11.6 Å². The zero-order chi connectivity index (χ0) is 16.2. The molecule has 2 heteroatoms. The Bertz CT molecular complexity index is 536. The van der Waals surface area contributed by atoms with Gasteiger partial charge in [0.15, 0.2) is 5.78 Å². The van der Waals surface area contributed by atoms with Gasteiger partial charge in [-0.25, -0.2) is 0 Å². The van der Waals surface area contributed by atoms with Crippen molar-refractivity contribution in [1.29, 1.82) is 0 Å². The molecule has 0 unspecified atom stereocenters. The minimum atomic E-state index is 0.299. The monoisotopic (exact) mass is 316 g/mol. The molecule has 4 rings (SSSR count). The van der Waals surface area contributed by atoms with Crippen LogP contribution in [0.25, 0.3) is 0 Å². The van der Waals surface area contributed by atoms with Crippen LogP contribution in [0.1, 0.15) is 71.6 Å². The first kappa shape index (κ1) is 15.9. The Morgan fingerprint density at radius 2 is 1.91 bits per heavy atom. The topological polar surface area (TPSA) is 37.3 Å². The van der Waals surface area contributed by atoms with Gasteiger partial charge in [-0.15, -0.1) is 0 Å². The van der Waals surface area contributed by atoms with E-state index in [-0.39, 0.29) is 0 Å². The van der Waals surface area contributed by atoms with Crippen LogP contribution in [0.15, 0.2) is 11.6 Å². The molecule has 2 nitrogen and oxygen atoms in total. The lowest BCUT2D eigenvalue weighted by Crippen LogP contribution is -2.50. The molecule has 0 spiro atoms. The highest BCUT2D eigenvalue weighted by Crippen LogP contribution is 2.66. The number of fused-ring (bicyclic) bond motifs is 5. The Labute approximate surface area is 140 Å². The van der Waals surface area contributed by atoms with Crippen LogP contribution in [0.2, 0.25) is 0 Å². The van der Waals surface area contributed by atoms with Crippen molar-refractivity contribution in [2.45, 2.75) is 71.6 Å². The average Bonchev–Trinajstić information content (AvgIpc) is 2.85. The van der Waals surface area contributed by atoms with Gasteiger partial charge in [0.25, 0.3) is 0 Å². The molecule has 4 aliphatic carbocycles. The number of allylic oxidation sites excluding steroid dienone is 1. The van der Waals surface area contributed by atoms with Crippen LogP contribution in [0.4, 0.5) is 0 Å². The number of aliphatic hydroxyl groups is 1.